The Bertz CT molecular complexity index is 866. The zero-order chi connectivity index (χ0) is 21.9. The fraction of sp³-hybridized carbons (Fsp3) is 0.348. The van der Waals surface area contributed by atoms with Crippen LogP contribution < -0.4 is 10.5 Å². The lowest BCUT2D eigenvalue weighted by Gasteiger charge is -2.18. The summed E-state index contributed by atoms with van der Waals surface area (Å²) in [5, 5.41) is -0.0374. The van der Waals surface area contributed by atoms with Crippen LogP contribution in [0.2, 0.25) is 0 Å². The predicted octanol–water partition coefficient (Wildman–Crippen LogP) is 3.41. The van der Waals surface area contributed by atoms with Crippen molar-refractivity contribution in [3.8, 4) is 5.75 Å². The van der Waals surface area contributed by atoms with E-state index in [1.807, 2.05) is 31.2 Å². The van der Waals surface area contributed by atoms with E-state index in [0.29, 0.717) is 29.9 Å². The monoisotopic (exact) mass is 429 g/mol. The summed E-state index contributed by atoms with van der Waals surface area (Å²) < 4.78 is 10.6. The quantitative estimate of drug-likeness (QED) is 0.432. The van der Waals surface area contributed by atoms with Crippen molar-refractivity contribution in [2.45, 2.75) is 26.9 Å². The van der Waals surface area contributed by atoms with Gasteiger partial charge in [-0.15, -0.1) is 0 Å². The topological polar surface area (TPSA) is 95.7 Å². The van der Waals surface area contributed by atoms with E-state index in [2.05, 4.69) is 0 Å². The molecule has 2 aromatic carbocycles. The van der Waals surface area contributed by atoms with Gasteiger partial charge in [-0.1, -0.05) is 48.2 Å². The number of Topliss-reactive ketones (excluding diaryl/α,β-unsaturated/α-hetero) is 1. The number of ketones is 1. The van der Waals surface area contributed by atoms with Gasteiger partial charge in [0, 0.05) is 29.7 Å². The van der Waals surface area contributed by atoms with Gasteiger partial charge >= 0.3 is 5.97 Å². The van der Waals surface area contributed by atoms with Crippen LogP contribution in [0, 0.1) is 5.92 Å². The first kappa shape index (κ1) is 23.6. The molecule has 0 aliphatic heterocycles. The van der Waals surface area contributed by atoms with Crippen LogP contribution in [0.15, 0.2) is 48.5 Å². The molecule has 0 saturated heterocycles. The molecular weight excluding hydrogens is 402 g/mol. The average molecular weight is 430 g/mol. The van der Waals surface area contributed by atoms with Crippen molar-refractivity contribution in [2.24, 2.45) is 11.7 Å². The summed E-state index contributed by atoms with van der Waals surface area (Å²) in [5.74, 6) is 0.128. The fourth-order valence-electron chi connectivity index (χ4n) is 2.94. The van der Waals surface area contributed by atoms with Crippen LogP contribution in [0.5, 0.6) is 5.75 Å². The van der Waals surface area contributed by atoms with Gasteiger partial charge in [-0.2, -0.15) is 0 Å². The molecular formula is C23H27NO5S. The van der Waals surface area contributed by atoms with E-state index in [9.17, 15) is 14.4 Å². The lowest BCUT2D eigenvalue weighted by molar-refractivity contribution is -0.143. The Balaban J connectivity index is 2.22. The summed E-state index contributed by atoms with van der Waals surface area (Å²) in [6.07, 6.45) is 0.489. The Morgan fingerprint density at radius 1 is 1.07 bits per heavy atom. The molecule has 7 heteroatoms. The van der Waals surface area contributed by atoms with Crippen molar-refractivity contribution >= 4 is 28.6 Å². The van der Waals surface area contributed by atoms with E-state index in [1.54, 1.807) is 24.3 Å². The number of esters is 1. The minimum absolute atomic E-state index is 0.0203. The maximum atomic E-state index is 13.4. The van der Waals surface area contributed by atoms with Crippen molar-refractivity contribution in [3.05, 3.63) is 65.2 Å². The SMILES string of the molecule is CCOc1ccc(CC(CSC(C)=O)C(=O)c2ccccc2COC(=O)CN)cc1. The Labute approximate surface area is 181 Å². The molecule has 1 atom stereocenters. The highest BCUT2D eigenvalue weighted by atomic mass is 32.2. The number of rotatable bonds is 11. The van der Waals surface area contributed by atoms with E-state index in [4.69, 9.17) is 15.2 Å². The first-order chi connectivity index (χ1) is 14.4. The van der Waals surface area contributed by atoms with Crippen molar-refractivity contribution in [3.63, 3.8) is 0 Å². The Morgan fingerprint density at radius 2 is 1.77 bits per heavy atom. The van der Waals surface area contributed by atoms with E-state index in [1.165, 1.54) is 6.92 Å². The first-order valence-corrected chi connectivity index (χ1v) is 10.8. The maximum Gasteiger partial charge on any atom is 0.320 e. The van der Waals surface area contributed by atoms with Crippen LogP contribution in [0.3, 0.4) is 0 Å². The van der Waals surface area contributed by atoms with E-state index in [0.717, 1.165) is 23.1 Å². The summed E-state index contributed by atoms with van der Waals surface area (Å²) in [6, 6.07) is 14.6. The number of benzene rings is 2. The fourth-order valence-corrected chi connectivity index (χ4v) is 3.65. The normalized spacial score (nSPS) is 11.6. The van der Waals surface area contributed by atoms with Gasteiger partial charge in [0.25, 0.3) is 0 Å². The highest BCUT2D eigenvalue weighted by molar-refractivity contribution is 8.13. The largest absolute Gasteiger partial charge is 0.494 e. The highest BCUT2D eigenvalue weighted by Crippen LogP contribution is 2.24. The maximum absolute atomic E-state index is 13.4. The van der Waals surface area contributed by atoms with Gasteiger partial charge in [-0.05, 0) is 31.0 Å². The Hall–Kier alpha value is -2.64. The molecule has 0 radical (unpaired) electrons. The smallest absolute Gasteiger partial charge is 0.320 e. The van der Waals surface area contributed by atoms with Crippen LogP contribution in [0.25, 0.3) is 0 Å². The molecule has 0 fully saturated rings. The summed E-state index contributed by atoms with van der Waals surface area (Å²) in [7, 11) is 0. The third kappa shape index (κ3) is 7.31. The second-order valence-electron chi connectivity index (χ2n) is 6.67. The lowest BCUT2D eigenvalue weighted by atomic mass is 9.90. The summed E-state index contributed by atoms with van der Waals surface area (Å²) in [5.41, 5.74) is 7.37. The molecule has 0 heterocycles. The zero-order valence-electron chi connectivity index (χ0n) is 17.3. The number of nitrogens with two attached hydrogens (primary N) is 1. The number of carbonyl (C=O) groups is 3. The zero-order valence-corrected chi connectivity index (χ0v) is 18.1. The van der Waals surface area contributed by atoms with Gasteiger partial charge in [0.2, 0.25) is 0 Å². The molecule has 160 valence electrons. The molecule has 30 heavy (non-hydrogen) atoms. The standard InChI is InChI=1S/C23H27NO5S/c1-3-28-20-10-8-17(9-11-20)12-19(15-30-16(2)25)23(27)21-7-5-4-6-18(21)14-29-22(26)13-24/h4-11,19H,3,12-15,24H2,1-2H3. The molecule has 1 unspecified atom stereocenters. The highest BCUT2D eigenvalue weighted by Gasteiger charge is 2.24. The van der Waals surface area contributed by atoms with E-state index < -0.39 is 11.9 Å². The third-order valence-electron chi connectivity index (χ3n) is 4.41. The number of hydrogen-bond acceptors (Lipinski definition) is 7. The van der Waals surface area contributed by atoms with Crippen LogP contribution in [-0.4, -0.2) is 35.8 Å². The van der Waals surface area contributed by atoms with Gasteiger partial charge in [-0.25, -0.2) is 0 Å². The molecule has 0 amide bonds. The van der Waals surface area contributed by atoms with E-state index in [-0.39, 0.29) is 24.1 Å². The predicted molar refractivity (Wildman–Crippen MR) is 118 cm³/mol. The Kier molecular flexibility index (Phi) is 9.57. The second kappa shape index (κ2) is 12.1. The average Bonchev–Trinajstić information content (AvgIpc) is 2.75. The molecule has 2 aromatic rings. The molecule has 0 aliphatic rings. The number of carbonyl (C=O) groups excluding carboxylic acids is 3. The number of thioether (sulfide) groups is 1. The van der Waals surface area contributed by atoms with E-state index >= 15 is 0 Å². The summed E-state index contributed by atoms with van der Waals surface area (Å²) in [4.78, 5) is 36.3. The van der Waals surface area contributed by atoms with Crippen LogP contribution >= 0.6 is 11.8 Å². The van der Waals surface area contributed by atoms with Gasteiger partial charge < -0.3 is 15.2 Å². The van der Waals surface area contributed by atoms with Crippen LogP contribution in [0.1, 0.15) is 35.3 Å². The molecule has 0 aliphatic carbocycles. The van der Waals surface area contributed by atoms with Gasteiger partial charge in [0.05, 0.1) is 13.2 Å². The minimum Gasteiger partial charge on any atom is -0.494 e. The Morgan fingerprint density at radius 3 is 2.40 bits per heavy atom. The first-order valence-electron chi connectivity index (χ1n) is 9.77. The van der Waals surface area contributed by atoms with Gasteiger partial charge in [0.15, 0.2) is 10.9 Å². The van der Waals surface area contributed by atoms with Gasteiger partial charge in [0.1, 0.15) is 12.4 Å². The number of ether oxygens (including phenoxy) is 2. The van der Waals surface area contributed by atoms with Crippen LogP contribution in [-0.2, 0) is 27.4 Å². The third-order valence-corrected chi connectivity index (χ3v) is 5.39. The molecule has 2 N–H and O–H groups in total. The minimum atomic E-state index is -0.532. The molecule has 6 nitrogen and oxygen atoms in total. The van der Waals surface area contributed by atoms with Crippen molar-refractivity contribution < 1.29 is 23.9 Å². The summed E-state index contributed by atoms with van der Waals surface area (Å²) in [6.45, 7) is 3.76. The molecule has 2 rings (SSSR count). The summed E-state index contributed by atoms with van der Waals surface area (Å²) >= 11 is 1.13. The molecule has 0 spiro atoms. The molecule has 0 bridgehead atoms. The molecule has 0 aromatic heterocycles. The lowest BCUT2D eigenvalue weighted by Crippen LogP contribution is -2.23. The van der Waals surface area contributed by atoms with Gasteiger partial charge in [-0.3, -0.25) is 14.4 Å². The van der Waals surface area contributed by atoms with Crippen molar-refractivity contribution in [2.75, 3.05) is 18.9 Å². The number of hydrogen-bond donors (Lipinski definition) is 1. The molecule has 0 saturated carbocycles. The van der Waals surface area contributed by atoms with Crippen molar-refractivity contribution in [1.29, 1.82) is 0 Å². The van der Waals surface area contributed by atoms with Crippen molar-refractivity contribution in [1.82, 2.24) is 0 Å². The van der Waals surface area contributed by atoms with Crippen LogP contribution in [0.4, 0.5) is 0 Å². The second-order valence-corrected chi connectivity index (χ2v) is 7.86.